The predicted molar refractivity (Wildman–Crippen MR) is 74.7 cm³/mol. The van der Waals surface area contributed by atoms with Gasteiger partial charge in [-0.25, -0.2) is 4.39 Å². The van der Waals surface area contributed by atoms with Gasteiger partial charge in [0.05, 0.1) is 10.6 Å². The number of nitrogens with zero attached hydrogens (tertiary/aromatic N) is 1. The minimum absolute atomic E-state index is 0.308. The van der Waals surface area contributed by atoms with Crippen molar-refractivity contribution in [2.45, 2.75) is 12.5 Å². The zero-order chi connectivity index (χ0) is 13.1. The molecule has 1 N–H and O–H groups in total. The number of hydrogen-bond donors (Lipinski definition) is 1. The van der Waals surface area contributed by atoms with Crippen LogP contribution in [0, 0.1) is 5.82 Å². The van der Waals surface area contributed by atoms with Crippen molar-refractivity contribution >= 4 is 31.9 Å². The van der Waals surface area contributed by atoms with Gasteiger partial charge >= 0.3 is 0 Å². The second kappa shape index (κ2) is 5.91. The molecule has 1 aromatic heterocycles. The van der Waals surface area contributed by atoms with Crippen LogP contribution in [0.4, 0.5) is 4.39 Å². The summed E-state index contributed by atoms with van der Waals surface area (Å²) in [6.45, 7) is 0. The molecule has 0 aliphatic carbocycles. The number of pyridine rings is 1. The first-order chi connectivity index (χ1) is 8.56. The van der Waals surface area contributed by atoms with Crippen LogP contribution in [-0.4, -0.2) is 10.1 Å². The minimum atomic E-state index is -0.660. The highest BCUT2D eigenvalue weighted by atomic mass is 79.9. The molecule has 1 heterocycles. The predicted octanol–water partition coefficient (Wildman–Crippen LogP) is 4.02. The average Bonchev–Trinajstić information content (AvgIpc) is 2.34. The zero-order valence-corrected chi connectivity index (χ0v) is 12.4. The molecule has 0 saturated carbocycles. The molecule has 1 aromatic carbocycles. The van der Waals surface area contributed by atoms with E-state index >= 15 is 0 Å². The molecule has 2 nitrogen and oxygen atoms in total. The SMILES string of the molecule is OC(Cc1ccc(F)c(Br)c1)c1cncc(Br)c1. The maximum Gasteiger partial charge on any atom is 0.137 e. The lowest BCUT2D eigenvalue weighted by atomic mass is 10.0. The summed E-state index contributed by atoms with van der Waals surface area (Å²) in [6.07, 6.45) is 3.03. The van der Waals surface area contributed by atoms with Crippen molar-refractivity contribution in [2.75, 3.05) is 0 Å². The van der Waals surface area contributed by atoms with Crippen LogP contribution < -0.4 is 0 Å². The standard InChI is InChI=1S/C13H10Br2FNO/c14-10-5-9(6-17-7-10)13(18)4-8-1-2-12(16)11(15)3-8/h1-3,5-7,13,18H,4H2. The molecule has 0 amide bonds. The monoisotopic (exact) mass is 373 g/mol. The number of aliphatic hydroxyl groups excluding tert-OH is 1. The van der Waals surface area contributed by atoms with Crippen LogP contribution in [0.25, 0.3) is 0 Å². The van der Waals surface area contributed by atoms with E-state index in [-0.39, 0.29) is 5.82 Å². The molecule has 18 heavy (non-hydrogen) atoms. The van der Waals surface area contributed by atoms with E-state index in [4.69, 9.17) is 0 Å². The molecule has 0 spiro atoms. The van der Waals surface area contributed by atoms with Crippen LogP contribution >= 0.6 is 31.9 Å². The Bertz CT molecular complexity index is 562. The topological polar surface area (TPSA) is 33.1 Å². The number of hydrogen-bond acceptors (Lipinski definition) is 2. The van der Waals surface area contributed by atoms with Gasteiger partial charge in [0, 0.05) is 28.9 Å². The van der Waals surface area contributed by atoms with Crippen LogP contribution in [0.5, 0.6) is 0 Å². The van der Waals surface area contributed by atoms with E-state index in [2.05, 4.69) is 36.8 Å². The molecule has 0 aliphatic heterocycles. The molecular weight excluding hydrogens is 365 g/mol. The van der Waals surface area contributed by atoms with Crippen LogP contribution in [0.2, 0.25) is 0 Å². The van der Waals surface area contributed by atoms with Gasteiger partial charge in [0.1, 0.15) is 5.82 Å². The lowest BCUT2D eigenvalue weighted by Gasteiger charge is -2.11. The molecule has 0 aliphatic rings. The molecule has 0 bridgehead atoms. The molecule has 94 valence electrons. The molecular formula is C13H10Br2FNO. The second-order valence-electron chi connectivity index (χ2n) is 3.90. The first-order valence-corrected chi connectivity index (χ1v) is 6.87. The molecule has 1 unspecified atom stereocenters. The summed E-state index contributed by atoms with van der Waals surface area (Å²) in [7, 11) is 0. The van der Waals surface area contributed by atoms with E-state index in [9.17, 15) is 9.50 Å². The highest BCUT2D eigenvalue weighted by Gasteiger charge is 2.10. The van der Waals surface area contributed by atoms with Gasteiger partial charge in [0.2, 0.25) is 0 Å². The fourth-order valence-electron chi connectivity index (χ4n) is 1.62. The molecule has 0 saturated heterocycles. The van der Waals surface area contributed by atoms with Crippen molar-refractivity contribution in [3.8, 4) is 0 Å². The Morgan fingerprint density at radius 2 is 2.00 bits per heavy atom. The molecule has 0 radical (unpaired) electrons. The zero-order valence-electron chi connectivity index (χ0n) is 9.28. The third-order valence-electron chi connectivity index (χ3n) is 2.52. The summed E-state index contributed by atoms with van der Waals surface area (Å²) in [5, 5.41) is 10.1. The Hall–Kier alpha value is -0.780. The van der Waals surface area contributed by atoms with Crippen LogP contribution in [0.1, 0.15) is 17.2 Å². The Morgan fingerprint density at radius 3 is 2.67 bits per heavy atom. The smallest absolute Gasteiger partial charge is 0.137 e. The second-order valence-corrected chi connectivity index (χ2v) is 5.67. The van der Waals surface area contributed by atoms with Crippen molar-refractivity contribution in [3.05, 3.63) is 62.5 Å². The highest BCUT2D eigenvalue weighted by Crippen LogP contribution is 2.23. The van der Waals surface area contributed by atoms with Gasteiger partial charge in [-0.15, -0.1) is 0 Å². The van der Waals surface area contributed by atoms with Crippen molar-refractivity contribution in [1.29, 1.82) is 0 Å². The molecule has 2 aromatic rings. The highest BCUT2D eigenvalue weighted by molar-refractivity contribution is 9.10. The first-order valence-electron chi connectivity index (χ1n) is 5.28. The van der Waals surface area contributed by atoms with E-state index in [0.717, 1.165) is 15.6 Å². The fourth-order valence-corrected chi connectivity index (χ4v) is 2.43. The Labute approximate surface area is 121 Å². The first kappa shape index (κ1) is 13.6. The minimum Gasteiger partial charge on any atom is -0.388 e. The number of rotatable bonds is 3. The molecule has 2 rings (SSSR count). The van der Waals surface area contributed by atoms with Gasteiger partial charge < -0.3 is 5.11 Å². The summed E-state index contributed by atoms with van der Waals surface area (Å²) >= 11 is 6.43. The van der Waals surface area contributed by atoms with Crippen molar-refractivity contribution in [3.63, 3.8) is 0 Å². The van der Waals surface area contributed by atoms with Crippen molar-refractivity contribution < 1.29 is 9.50 Å². The normalized spacial score (nSPS) is 12.4. The molecule has 1 atom stereocenters. The van der Waals surface area contributed by atoms with Gasteiger partial charge in [0.25, 0.3) is 0 Å². The van der Waals surface area contributed by atoms with E-state index in [1.54, 1.807) is 24.5 Å². The third-order valence-corrected chi connectivity index (χ3v) is 3.57. The van der Waals surface area contributed by atoms with E-state index in [1.807, 2.05) is 6.07 Å². The quantitative estimate of drug-likeness (QED) is 0.880. The molecule has 5 heteroatoms. The summed E-state index contributed by atoms with van der Waals surface area (Å²) in [4.78, 5) is 4.00. The van der Waals surface area contributed by atoms with Crippen molar-refractivity contribution in [2.24, 2.45) is 0 Å². The number of aromatic nitrogens is 1. The van der Waals surface area contributed by atoms with Crippen LogP contribution in [0.15, 0.2) is 45.6 Å². The lowest BCUT2D eigenvalue weighted by molar-refractivity contribution is 0.178. The van der Waals surface area contributed by atoms with Gasteiger partial charge in [-0.2, -0.15) is 0 Å². The average molecular weight is 375 g/mol. The Balaban J connectivity index is 2.16. The van der Waals surface area contributed by atoms with Gasteiger partial charge in [0.15, 0.2) is 0 Å². The molecule has 0 fully saturated rings. The summed E-state index contributed by atoms with van der Waals surface area (Å²) in [5.41, 5.74) is 1.58. The summed E-state index contributed by atoms with van der Waals surface area (Å²) in [6, 6.07) is 6.53. The third kappa shape index (κ3) is 3.37. The van der Waals surface area contributed by atoms with Crippen LogP contribution in [0.3, 0.4) is 0 Å². The van der Waals surface area contributed by atoms with E-state index < -0.39 is 6.10 Å². The number of halogens is 3. The number of aliphatic hydroxyl groups is 1. The van der Waals surface area contributed by atoms with Gasteiger partial charge in [-0.3, -0.25) is 4.98 Å². The van der Waals surface area contributed by atoms with E-state index in [0.29, 0.717) is 10.9 Å². The Morgan fingerprint density at radius 1 is 1.22 bits per heavy atom. The number of benzene rings is 1. The van der Waals surface area contributed by atoms with E-state index in [1.165, 1.54) is 6.07 Å². The maximum absolute atomic E-state index is 13.1. The van der Waals surface area contributed by atoms with Crippen molar-refractivity contribution in [1.82, 2.24) is 4.98 Å². The summed E-state index contributed by atoms with van der Waals surface area (Å²) < 4.78 is 14.3. The largest absolute Gasteiger partial charge is 0.388 e. The van der Waals surface area contributed by atoms with Crippen LogP contribution in [-0.2, 0) is 6.42 Å². The maximum atomic E-state index is 13.1. The summed E-state index contributed by atoms with van der Waals surface area (Å²) in [5.74, 6) is -0.308. The Kier molecular flexibility index (Phi) is 4.48. The van der Waals surface area contributed by atoms with Gasteiger partial charge in [-0.1, -0.05) is 6.07 Å². The lowest BCUT2D eigenvalue weighted by Crippen LogP contribution is -2.02. The van der Waals surface area contributed by atoms with Gasteiger partial charge in [-0.05, 0) is 55.6 Å². The fraction of sp³-hybridized carbons (Fsp3) is 0.154.